The van der Waals surface area contributed by atoms with Crippen molar-refractivity contribution >= 4 is 12.1 Å². The highest BCUT2D eigenvalue weighted by atomic mass is 16.5. The number of carboxylic acids is 1. The molecule has 1 amide bonds. The number of carboxylic acid groups (broad SMARTS) is 1. The van der Waals surface area contributed by atoms with E-state index < -0.39 is 18.1 Å². The summed E-state index contributed by atoms with van der Waals surface area (Å²) < 4.78 is 10.4. The van der Waals surface area contributed by atoms with Crippen molar-refractivity contribution in [1.82, 2.24) is 5.32 Å². The average molecular weight is 396 g/mol. The molecule has 2 aromatic rings. The van der Waals surface area contributed by atoms with Crippen LogP contribution in [0, 0.1) is 0 Å². The predicted octanol–water partition coefficient (Wildman–Crippen LogP) is 3.31. The van der Waals surface area contributed by atoms with Gasteiger partial charge in [0, 0.05) is 17.4 Å². The molecule has 0 saturated heterocycles. The standard InChI is InChI=1S/C20H20N4O5/c21-24-22-9-10-28-12-18(19(25)26)23-20(27)29-11-17-15-7-3-1-5-13(15)14-6-2-4-8-16(14)17/h1-8,17-18H,9-12H2,(H,23,27)(H,25,26)/t18-/m0/s1. The Morgan fingerprint density at radius 2 is 1.76 bits per heavy atom. The molecule has 150 valence electrons. The van der Waals surface area contributed by atoms with Gasteiger partial charge in [-0.15, -0.1) is 0 Å². The third-order valence-electron chi connectivity index (χ3n) is 4.62. The number of fused-ring (bicyclic) bond motifs is 3. The Labute approximate surface area is 166 Å². The zero-order valence-corrected chi connectivity index (χ0v) is 15.5. The molecule has 0 heterocycles. The Kier molecular flexibility index (Phi) is 6.67. The van der Waals surface area contributed by atoms with E-state index in [1.807, 2.05) is 48.5 Å². The van der Waals surface area contributed by atoms with Gasteiger partial charge >= 0.3 is 12.1 Å². The van der Waals surface area contributed by atoms with Gasteiger partial charge in [0.2, 0.25) is 0 Å². The SMILES string of the molecule is [N-]=[N+]=NCCOC[C@H](NC(=O)OCC1c2ccccc2-c2ccccc21)C(=O)O. The number of carbonyl (C=O) groups is 2. The number of benzene rings is 2. The molecule has 0 fully saturated rings. The molecule has 0 radical (unpaired) electrons. The van der Waals surface area contributed by atoms with Gasteiger partial charge in [-0.3, -0.25) is 0 Å². The van der Waals surface area contributed by atoms with Crippen molar-refractivity contribution in [3.8, 4) is 11.1 Å². The normalized spacial score (nSPS) is 13.0. The molecule has 0 aliphatic heterocycles. The summed E-state index contributed by atoms with van der Waals surface area (Å²) in [7, 11) is 0. The second-order valence-electron chi connectivity index (χ2n) is 6.39. The smallest absolute Gasteiger partial charge is 0.407 e. The van der Waals surface area contributed by atoms with Crippen LogP contribution in [-0.4, -0.2) is 49.6 Å². The van der Waals surface area contributed by atoms with Crippen LogP contribution < -0.4 is 5.32 Å². The van der Waals surface area contributed by atoms with Crippen LogP contribution in [-0.2, 0) is 14.3 Å². The van der Waals surface area contributed by atoms with Gasteiger partial charge in [0.1, 0.15) is 6.61 Å². The lowest BCUT2D eigenvalue weighted by atomic mass is 9.98. The maximum Gasteiger partial charge on any atom is 0.407 e. The summed E-state index contributed by atoms with van der Waals surface area (Å²) in [6.07, 6.45) is -0.835. The molecule has 9 heteroatoms. The topological polar surface area (TPSA) is 134 Å². The molecule has 2 N–H and O–H groups in total. The maximum atomic E-state index is 12.2. The van der Waals surface area contributed by atoms with E-state index >= 15 is 0 Å². The van der Waals surface area contributed by atoms with E-state index in [-0.39, 0.29) is 32.3 Å². The molecule has 0 aromatic heterocycles. The van der Waals surface area contributed by atoms with Crippen molar-refractivity contribution in [3.63, 3.8) is 0 Å². The van der Waals surface area contributed by atoms with Crippen molar-refractivity contribution in [2.24, 2.45) is 5.11 Å². The number of ether oxygens (including phenoxy) is 2. The van der Waals surface area contributed by atoms with Gasteiger partial charge in [0.25, 0.3) is 0 Å². The lowest BCUT2D eigenvalue weighted by molar-refractivity contribution is -0.141. The molecular formula is C20H20N4O5. The molecule has 1 aliphatic carbocycles. The highest BCUT2D eigenvalue weighted by Crippen LogP contribution is 2.44. The fourth-order valence-electron chi connectivity index (χ4n) is 3.31. The summed E-state index contributed by atoms with van der Waals surface area (Å²) in [4.78, 5) is 26.0. The maximum absolute atomic E-state index is 12.2. The second-order valence-corrected chi connectivity index (χ2v) is 6.39. The number of nitrogens with zero attached hydrogens (tertiary/aromatic N) is 3. The first kappa shape index (κ1) is 20.2. The number of azide groups is 1. The molecule has 9 nitrogen and oxygen atoms in total. The first-order chi connectivity index (χ1) is 14.1. The quantitative estimate of drug-likeness (QED) is 0.290. The van der Waals surface area contributed by atoms with Gasteiger partial charge in [0.05, 0.1) is 13.2 Å². The highest BCUT2D eigenvalue weighted by Gasteiger charge is 2.29. The van der Waals surface area contributed by atoms with Crippen LogP contribution in [0.4, 0.5) is 4.79 Å². The molecule has 0 spiro atoms. The zero-order valence-electron chi connectivity index (χ0n) is 15.5. The summed E-state index contributed by atoms with van der Waals surface area (Å²) >= 11 is 0. The van der Waals surface area contributed by atoms with Gasteiger partial charge in [-0.05, 0) is 27.8 Å². The Hall–Kier alpha value is -3.55. The van der Waals surface area contributed by atoms with Gasteiger partial charge < -0.3 is 19.9 Å². The molecule has 0 saturated carbocycles. The molecular weight excluding hydrogens is 376 g/mol. The van der Waals surface area contributed by atoms with E-state index in [1.54, 1.807) is 0 Å². The third kappa shape index (κ3) is 4.84. The Balaban J connectivity index is 1.58. The fourth-order valence-corrected chi connectivity index (χ4v) is 3.31. The number of alkyl carbamates (subject to hydrolysis) is 1. The molecule has 0 unspecified atom stereocenters. The lowest BCUT2D eigenvalue weighted by Crippen LogP contribution is -2.44. The second kappa shape index (κ2) is 9.59. The van der Waals surface area contributed by atoms with Gasteiger partial charge in [0.15, 0.2) is 6.04 Å². The van der Waals surface area contributed by atoms with Gasteiger partial charge in [-0.25, -0.2) is 9.59 Å². The van der Waals surface area contributed by atoms with Crippen LogP contribution in [0.25, 0.3) is 21.6 Å². The summed E-state index contributed by atoms with van der Waals surface area (Å²) in [5, 5.41) is 14.8. The minimum Gasteiger partial charge on any atom is -0.480 e. The summed E-state index contributed by atoms with van der Waals surface area (Å²) in [5.74, 6) is -1.36. The summed E-state index contributed by atoms with van der Waals surface area (Å²) in [6, 6.07) is 14.6. The van der Waals surface area contributed by atoms with Gasteiger partial charge in [-0.2, -0.15) is 0 Å². The molecule has 2 aromatic carbocycles. The molecule has 3 rings (SSSR count). The minimum absolute atomic E-state index is 0.0558. The summed E-state index contributed by atoms with van der Waals surface area (Å²) in [6.45, 7) is -0.0432. The number of aliphatic carboxylic acids is 1. The van der Waals surface area contributed by atoms with E-state index in [4.69, 9.17) is 15.0 Å². The molecule has 29 heavy (non-hydrogen) atoms. The van der Waals surface area contributed by atoms with Crippen LogP contribution in [0.15, 0.2) is 53.6 Å². The predicted molar refractivity (Wildman–Crippen MR) is 104 cm³/mol. The fraction of sp³-hybridized carbons (Fsp3) is 0.300. The molecule has 1 aliphatic rings. The number of hydrogen-bond acceptors (Lipinski definition) is 5. The Bertz CT molecular complexity index is 896. The van der Waals surface area contributed by atoms with Crippen molar-refractivity contribution < 1.29 is 24.2 Å². The van der Waals surface area contributed by atoms with E-state index in [1.165, 1.54) is 0 Å². The molecule has 0 bridgehead atoms. The van der Waals surface area contributed by atoms with Crippen molar-refractivity contribution in [3.05, 3.63) is 70.1 Å². The van der Waals surface area contributed by atoms with Crippen molar-refractivity contribution in [2.75, 3.05) is 26.4 Å². The van der Waals surface area contributed by atoms with E-state index in [2.05, 4.69) is 15.3 Å². The van der Waals surface area contributed by atoms with Crippen LogP contribution >= 0.6 is 0 Å². The van der Waals surface area contributed by atoms with E-state index in [0.29, 0.717) is 0 Å². The lowest BCUT2D eigenvalue weighted by Gasteiger charge is -2.17. The molecule has 1 atom stereocenters. The number of amides is 1. The zero-order chi connectivity index (χ0) is 20.6. The average Bonchev–Trinajstić information content (AvgIpc) is 3.05. The Morgan fingerprint density at radius 3 is 2.34 bits per heavy atom. The van der Waals surface area contributed by atoms with Crippen molar-refractivity contribution in [1.29, 1.82) is 0 Å². The van der Waals surface area contributed by atoms with Crippen LogP contribution in [0.1, 0.15) is 17.0 Å². The number of nitrogens with one attached hydrogen (secondary N) is 1. The monoisotopic (exact) mass is 396 g/mol. The minimum atomic E-state index is -1.27. The first-order valence-electron chi connectivity index (χ1n) is 9.04. The van der Waals surface area contributed by atoms with Crippen LogP contribution in [0.3, 0.4) is 0 Å². The number of hydrogen-bond donors (Lipinski definition) is 2. The van der Waals surface area contributed by atoms with E-state index in [0.717, 1.165) is 22.3 Å². The van der Waals surface area contributed by atoms with E-state index in [9.17, 15) is 14.7 Å². The van der Waals surface area contributed by atoms with Crippen molar-refractivity contribution in [2.45, 2.75) is 12.0 Å². The highest BCUT2D eigenvalue weighted by molar-refractivity contribution is 5.81. The van der Waals surface area contributed by atoms with Gasteiger partial charge in [-0.1, -0.05) is 53.6 Å². The largest absolute Gasteiger partial charge is 0.480 e. The first-order valence-corrected chi connectivity index (χ1v) is 9.04. The number of carbonyl (C=O) groups excluding carboxylic acids is 1. The number of rotatable bonds is 9. The summed E-state index contributed by atoms with van der Waals surface area (Å²) in [5.41, 5.74) is 12.5. The van der Waals surface area contributed by atoms with Crippen LogP contribution in [0.2, 0.25) is 0 Å². The third-order valence-corrected chi connectivity index (χ3v) is 4.62. The van der Waals surface area contributed by atoms with Crippen LogP contribution in [0.5, 0.6) is 0 Å². The Morgan fingerprint density at radius 1 is 1.14 bits per heavy atom.